The van der Waals surface area contributed by atoms with Crippen molar-refractivity contribution in [1.29, 1.82) is 0 Å². The van der Waals surface area contributed by atoms with Crippen molar-refractivity contribution >= 4 is 27.3 Å². The van der Waals surface area contributed by atoms with Gasteiger partial charge in [-0.25, -0.2) is 8.42 Å². The number of rotatable bonds is 8. The molecular weight excluding hydrogens is 384 g/mol. The van der Waals surface area contributed by atoms with Crippen molar-refractivity contribution < 1.29 is 17.9 Å². The summed E-state index contributed by atoms with van der Waals surface area (Å²) >= 11 is 1.16. The maximum Gasteiger partial charge on any atom is 0.262 e. The number of ether oxygens (including phenoxy) is 1. The van der Waals surface area contributed by atoms with Gasteiger partial charge in [0.15, 0.2) is 0 Å². The number of piperidine rings is 1. The maximum atomic E-state index is 12.8. The Kier molecular flexibility index (Phi) is 6.87. The maximum absolute atomic E-state index is 12.8. The monoisotopic (exact) mass is 408 g/mol. The van der Waals surface area contributed by atoms with Gasteiger partial charge in [0.1, 0.15) is 15.5 Å². The fourth-order valence-corrected chi connectivity index (χ4v) is 5.81. The van der Waals surface area contributed by atoms with Gasteiger partial charge in [-0.3, -0.25) is 4.79 Å². The summed E-state index contributed by atoms with van der Waals surface area (Å²) in [4.78, 5) is 12.8. The zero-order valence-electron chi connectivity index (χ0n) is 15.1. The molecule has 2 heterocycles. The van der Waals surface area contributed by atoms with Crippen LogP contribution in [0.3, 0.4) is 0 Å². The van der Waals surface area contributed by atoms with E-state index in [2.05, 4.69) is 5.32 Å². The molecule has 6 nitrogen and oxygen atoms in total. The minimum atomic E-state index is -3.61. The van der Waals surface area contributed by atoms with Crippen LogP contribution in [0.2, 0.25) is 0 Å². The molecule has 0 radical (unpaired) electrons. The van der Waals surface area contributed by atoms with Crippen LogP contribution in [0.4, 0.5) is 0 Å². The minimum Gasteiger partial charge on any atom is -0.494 e. The predicted molar refractivity (Wildman–Crippen MR) is 106 cm³/mol. The Bertz CT molecular complexity index is 844. The summed E-state index contributed by atoms with van der Waals surface area (Å²) in [5.74, 6) is 0.442. The molecule has 8 heteroatoms. The Labute approximate surface area is 164 Å². The quantitative estimate of drug-likeness (QED) is 0.681. The van der Waals surface area contributed by atoms with E-state index in [1.54, 1.807) is 5.38 Å². The number of thiophene rings is 1. The van der Waals surface area contributed by atoms with Crippen LogP contribution in [0.5, 0.6) is 5.75 Å². The van der Waals surface area contributed by atoms with Gasteiger partial charge in [-0.1, -0.05) is 24.6 Å². The number of sulfonamides is 1. The van der Waals surface area contributed by atoms with E-state index in [0.717, 1.165) is 36.3 Å². The van der Waals surface area contributed by atoms with Crippen LogP contribution in [0, 0.1) is 0 Å². The molecule has 0 atom stereocenters. The number of carbonyl (C=O) groups excluding carboxylic acids is 1. The van der Waals surface area contributed by atoms with Gasteiger partial charge in [-0.2, -0.15) is 4.31 Å². The zero-order chi connectivity index (χ0) is 19.1. The van der Waals surface area contributed by atoms with Gasteiger partial charge >= 0.3 is 0 Å². The number of nitrogens with zero attached hydrogens (tertiary/aromatic N) is 1. The average Bonchev–Trinajstić information content (AvgIpc) is 3.20. The minimum absolute atomic E-state index is 0.118. The van der Waals surface area contributed by atoms with Crippen molar-refractivity contribution in [2.24, 2.45) is 0 Å². The second-order valence-corrected chi connectivity index (χ2v) is 9.17. The number of hydrogen-bond donors (Lipinski definition) is 1. The summed E-state index contributed by atoms with van der Waals surface area (Å²) in [6.45, 7) is 1.95. The molecule has 1 fully saturated rings. The summed E-state index contributed by atoms with van der Waals surface area (Å²) in [6.07, 6.45) is 3.42. The SMILES string of the molecule is O=C(NCCCOc1ccccc1)c1sccc1S(=O)(=O)N1CCCCC1. The van der Waals surface area contributed by atoms with E-state index < -0.39 is 10.0 Å². The Morgan fingerprint density at radius 1 is 1.11 bits per heavy atom. The van der Waals surface area contributed by atoms with Crippen LogP contribution >= 0.6 is 11.3 Å². The van der Waals surface area contributed by atoms with Crippen LogP contribution in [-0.4, -0.2) is 44.9 Å². The van der Waals surface area contributed by atoms with Gasteiger partial charge in [0.05, 0.1) is 6.61 Å². The van der Waals surface area contributed by atoms with E-state index in [4.69, 9.17) is 4.74 Å². The molecule has 0 aliphatic carbocycles. The molecular formula is C19H24N2O4S2. The summed E-state index contributed by atoms with van der Waals surface area (Å²) in [6, 6.07) is 11.0. The smallest absolute Gasteiger partial charge is 0.262 e. The first-order valence-corrected chi connectivity index (χ1v) is 11.4. The van der Waals surface area contributed by atoms with Crippen LogP contribution in [0.25, 0.3) is 0 Å². The molecule has 1 aliphatic heterocycles. The fourth-order valence-electron chi connectivity index (χ4n) is 2.97. The van der Waals surface area contributed by atoms with E-state index in [-0.39, 0.29) is 15.7 Å². The molecule has 0 bridgehead atoms. The average molecular weight is 409 g/mol. The molecule has 0 saturated carbocycles. The molecule has 1 N–H and O–H groups in total. The van der Waals surface area contributed by atoms with Crippen molar-refractivity contribution in [2.45, 2.75) is 30.6 Å². The third kappa shape index (κ3) is 5.09. The molecule has 1 aromatic heterocycles. The number of carbonyl (C=O) groups is 1. The Morgan fingerprint density at radius 2 is 1.85 bits per heavy atom. The molecule has 0 unspecified atom stereocenters. The number of nitrogens with one attached hydrogen (secondary N) is 1. The van der Waals surface area contributed by atoms with Gasteiger partial charge in [0.25, 0.3) is 5.91 Å². The highest BCUT2D eigenvalue weighted by Crippen LogP contribution is 2.27. The molecule has 0 spiro atoms. The lowest BCUT2D eigenvalue weighted by molar-refractivity contribution is 0.0952. The van der Waals surface area contributed by atoms with Crippen molar-refractivity contribution in [1.82, 2.24) is 9.62 Å². The van der Waals surface area contributed by atoms with Crippen molar-refractivity contribution in [3.63, 3.8) is 0 Å². The lowest BCUT2D eigenvalue weighted by Crippen LogP contribution is -2.36. The van der Waals surface area contributed by atoms with E-state index in [1.165, 1.54) is 10.4 Å². The standard InChI is InChI=1S/C19H24N2O4S2/c22-19(20-11-7-14-25-16-8-3-1-4-9-16)18-17(10-15-26-18)27(23,24)21-12-5-2-6-13-21/h1,3-4,8-10,15H,2,5-7,11-14H2,(H,20,22). The largest absolute Gasteiger partial charge is 0.494 e. The zero-order valence-corrected chi connectivity index (χ0v) is 16.7. The first kappa shape index (κ1) is 19.9. The van der Waals surface area contributed by atoms with E-state index in [1.807, 2.05) is 30.3 Å². The predicted octanol–water partition coefficient (Wildman–Crippen LogP) is 3.12. The second kappa shape index (κ2) is 9.34. The van der Waals surface area contributed by atoms with Gasteiger partial charge in [-0.15, -0.1) is 11.3 Å². The number of benzene rings is 1. The second-order valence-electron chi connectivity index (χ2n) is 6.35. The molecule has 1 aliphatic rings. The van der Waals surface area contributed by atoms with Gasteiger partial charge in [0, 0.05) is 19.6 Å². The van der Waals surface area contributed by atoms with Crippen molar-refractivity contribution in [3.05, 3.63) is 46.7 Å². The van der Waals surface area contributed by atoms with Crippen LogP contribution in [0.15, 0.2) is 46.7 Å². The van der Waals surface area contributed by atoms with Crippen LogP contribution in [0.1, 0.15) is 35.4 Å². The van der Waals surface area contributed by atoms with Gasteiger partial charge < -0.3 is 10.1 Å². The normalized spacial score (nSPS) is 15.4. The molecule has 1 amide bonds. The summed E-state index contributed by atoms with van der Waals surface area (Å²) in [5.41, 5.74) is 0. The summed E-state index contributed by atoms with van der Waals surface area (Å²) in [5, 5.41) is 4.45. The highest BCUT2D eigenvalue weighted by Gasteiger charge is 2.30. The summed E-state index contributed by atoms with van der Waals surface area (Å²) < 4.78 is 32.8. The topological polar surface area (TPSA) is 75.7 Å². The van der Waals surface area contributed by atoms with E-state index >= 15 is 0 Å². The molecule has 2 aromatic rings. The Balaban J connectivity index is 1.53. The third-order valence-corrected chi connectivity index (χ3v) is 7.37. The Hall–Kier alpha value is -1.90. The van der Waals surface area contributed by atoms with Crippen molar-refractivity contribution in [3.8, 4) is 5.75 Å². The highest BCUT2D eigenvalue weighted by molar-refractivity contribution is 7.89. The lowest BCUT2D eigenvalue weighted by atomic mass is 10.2. The molecule has 1 aromatic carbocycles. The fraction of sp³-hybridized carbons (Fsp3) is 0.421. The first-order chi connectivity index (χ1) is 13.1. The molecule has 146 valence electrons. The van der Waals surface area contributed by atoms with E-state index in [9.17, 15) is 13.2 Å². The van der Waals surface area contributed by atoms with Gasteiger partial charge in [0.2, 0.25) is 10.0 Å². The summed E-state index contributed by atoms with van der Waals surface area (Å²) in [7, 11) is -3.61. The van der Waals surface area contributed by atoms with Crippen LogP contribution in [-0.2, 0) is 10.0 Å². The first-order valence-electron chi connectivity index (χ1n) is 9.13. The number of amides is 1. The molecule has 1 saturated heterocycles. The Morgan fingerprint density at radius 3 is 2.59 bits per heavy atom. The van der Waals surface area contributed by atoms with E-state index in [0.29, 0.717) is 32.7 Å². The van der Waals surface area contributed by atoms with Gasteiger partial charge in [-0.05, 0) is 42.8 Å². The van der Waals surface area contributed by atoms with Crippen molar-refractivity contribution in [2.75, 3.05) is 26.2 Å². The third-order valence-electron chi connectivity index (χ3n) is 4.39. The molecule has 3 rings (SSSR count). The number of para-hydroxylation sites is 1. The van der Waals surface area contributed by atoms with Crippen LogP contribution < -0.4 is 10.1 Å². The highest BCUT2D eigenvalue weighted by atomic mass is 32.2. The molecule has 27 heavy (non-hydrogen) atoms. The lowest BCUT2D eigenvalue weighted by Gasteiger charge is -2.25. The number of hydrogen-bond acceptors (Lipinski definition) is 5.